The summed E-state index contributed by atoms with van der Waals surface area (Å²) in [6.45, 7) is 0.838. The number of aliphatic hydroxyl groups excluding tert-OH is 1. The van der Waals surface area contributed by atoms with Crippen LogP contribution in [0.3, 0.4) is 0 Å². The van der Waals surface area contributed by atoms with E-state index in [2.05, 4.69) is 17.2 Å². The molecule has 0 saturated heterocycles. The Bertz CT molecular complexity index is 460. The molecule has 0 heterocycles. The zero-order valence-corrected chi connectivity index (χ0v) is 10.7. The van der Waals surface area contributed by atoms with Gasteiger partial charge in [-0.2, -0.15) is 0 Å². The Balaban J connectivity index is 2.74. The highest BCUT2D eigenvalue weighted by molar-refractivity contribution is 5.77. The van der Waals surface area contributed by atoms with Gasteiger partial charge < -0.3 is 10.4 Å². The van der Waals surface area contributed by atoms with Crippen molar-refractivity contribution in [1.29, 1.82) is 0 Å². The average molecular weight is 246 g/mol. The molecular weight excluding hydrogens is 228 g/mol. The lowest BCUT2D eigenvalue weighted by Gasteiger charge is -2.16. The molecule has 0 aliphatic carbocycles. The molecule has 0 aliphatic heterocycles. The van der Waals surface area contributed by atoms with Gasteiger partial charge >= 0.3 is 0 Å². The van der Waals surface area contributed by atoms with E-state index in [0.717, 1.165) is 11.1 Å². The quantitative estimate of drug-likeness (QED) is 0.747. The first-order valence-electron chi connectivity index (χ1n) is 5.74. The lowest BCUT2D eigenvalue weighted by Crippen LogP contribution is -2.32. The fraction of sp³-hybridized carbons (Fsp3) is 0.357. The van der Waals surface area contributed by atoms with Crippen LogP contribution in [-0.4, -0.2) is 43.2 Å². The molecule has 0 atom stereocenters. The Morgan fingerprint density at radius 1 is 1.44 bits per heavy atom. The Hall–Kier alpha value is -1.83. The summed E-state index contributed by atoms with van der Waals surface area (Å²) in [4.78, 5) is 13.2. The van der Waals surface area contributed by atoms with Crippen LogP contribution in [0.2, 0.25) is 0 Å². The molecule has 0 aromatic heterocycles. The van der Waals surface area contributed by atoms with Crippen LogP contribution in [0.25, 0.3) is 0 Å². The van der Waals surface area contributed by atoms with E-state index in [1.165, 1.54) is 0 Å². The zero-order chi connectivity index (χ0) is 13.4. The van der Waals surface area contributed by atoms with Gasteiger partial charge in [0.1, 0.15) is 6.61 Å². The van der Waals surface area contributed by atoms with E-state index in [-0.39, 0.29) is 12.5 Å². The van der Waals surface area contributed by atoms with Gasteiger partial charge in [-0.25, -0.2) is 0 Å². The summed E-state index contributed by atoms with van der Waals surface area (Å²) in [5.74, 6) is 5.53. The van der Waals surface area contributed by atoms with Gasteiger partial charge in [0.15, 0.2) is 0 Å². The molecule has 1 aromatic carbocycles. The molecule has 0 bridgehead atoms. The molecule has 0 saturated carbocycles. The minimum Gasteiger partial charge on any atom is -0.384 e. The number of rotatable bonds is 4. The molecule has 0 aliphatic rings. The predicted octanol–water partition coefficient (Wildman–Crippen LogP) is 0.208. The highest BCUT2D eigenvalue weighted by atomic mass is 16.2. The summed E-state index contributed by atoms with van der Waals surface area (Å²) < 4.78 is 0. The number of nitrogens with zero attached hydrogens (tertiary/aromatic N) is 1. The summed E-state index contributed by atoms with van der Waals surface area (Å²) in [5.41, 5.74) is 1.93. The standard InChI is InChI=1S/C14H18N2O2/c1-15-14(18)11-16(2)10-13-7-4-3-6-12(13)8-5-9-17/h3-4,6-7,17H,9-11H2,1-2H3,(H,15,18). The van der Waals surface area contributed by atoms with E-state index in [1.54, 1.807) is 7.05 Å². The highest BCUT2D eigenvalue weighted by Gasteiger charge is 2.07. The van der Waals surface area contributed by atoms with E-state index in [4.69, 9.17) is 5.11 Å². The van der Waals surface area contributed by atoms with Crippen molar-refractivity contribution in [2.75, 3.05) is 27.2 Å². The van der Waals surface area contributed by atoms with Crippen molar-refractivity contribution in [3.05, 3.63) is 35.4 Å². The zero-order valence-electron chi connectivity index (χ0n) is 10.7. The van der Waals surface area contributed by atoms with Crippen LogP contribution in [0.1, 0.15) is 11.1 Å². The molecule has 96 valence electrons. The fourth-order valence-corrected chi connectivity index (χ4v) is 1.59. The van der Waals surface area contributed by atoms with Crippen LogP contribution in [0, 0.1) is 11.8 Å². The first-order valence-corrected chi connectivity index (χ1v) is 5.74. The number of aliphatic hydroxyl groups is 1. The van der Waals surface area contributed by atoms with E-state index < -0.39 is 0 Å². The van der Waals surface area contributed by atoms with Crippen molar-refractivity contribution in [2.45, 2.75) is 6.54 Å². The summed E-state index contributed by atoms with van der Waals surface area (Å²) in [6, 6.07) is 7.73. The van der Waals surface area contributed by atoms with E-state index >= 15 is 0 Å². The molecular formula is C14H18N2O2. The van der Waals surface area contributed by atoms with Crippen molar-refractivity contribution < 1.29 is 9.90 Å². The van der Waals surface area contributed by atoms with E-state index in [1.807, 2.05) is 36.2 Å². The lowest BCUT2D eigenvalue weighted by molar-refractivity contribution is -0.121. The maximum absolute atomic E-state index is 11.3. The number of carbonyl (C=O) groups is 1. The number of likely N-dealkylation sites (N-methyl/N-ethyl adjacent to an activating group) is 2. The Morgan fingerprint density at radius 3 is 2.83 bits per heavy atom. The normalized spacial score (nSPS) is 9.78. The number of benzene rings is 1. The molecule has 4 nitrogen and oxygen atoms in total. The number of nitrogens with one attached hydrogen (secondary N) is 1. The average Bonchev–Trinajstić information content (AvgIpc) is 2.37. The maximum Gasteiger partial charge on any atom is 0.233 e. The third-order valence-electron chi connectivity index (χ3n) is 2.45. The second kappa shape index (κ2) is 7.49. The number of hydrogen-bond donors (Lipinski definition) is 2. The third kappa shape index (κ3) is 4.58. The van der Waals surface area contributed by atoms with Crippen LogP contribution in [0.5, 0.6) is 0 Å². The molecule has 0 fully saturated rings. The van der Waals surface area contributed by atoms with Crippen molar-refractivity contribution in [1.82, 2.24) is 10.2 Å². The van der Waals surface area contributed by atoms with Crippen LogP contribution in [0.4, 0.5) is 0 Å². The van der Waals surface area contributed by atoms with Crippen LogP contribution >= 0.6 is 0 Å². The van der Waals surface area contributed by atoms with Crippen molar-refractivity contribution >= 4 is 5.91 Å². The number of hydrogen-bond acceptors (Lipinski definition) is 3. The van der Waals surface area contributed by atoms with Crippen molar-refractivity contribution in [3.63, 3.8) is 0 Å². The Morgan fingerprint density at radius 2 is 2.17 bits per heavy atom. The second-order valence-corrected chi connectivity index (χ2v) is 3.96. The molecule has 0 radical (unpaired) electrons. The minimum absolute atomic E-state index is 0.0172. The molecule has 0 spiro atoms. The van der Waals surface area contributed by atoms with E-state index in [0.29, 0.717) is 13.1 Å². The summed E-state index contributed by atoms with van der Waals surface area (Å²) in [5, 5.41) is 11.3. The topological polar surface area (TPSA) is 52.6 Å². The van der Waals surface area contributed by atoms with Gasteiger partial charge in [-0.05, 0) is 18.7 Å². The third-order valence-corrected chi connectivity index (χ3v) is 2.45. The van der Waals surface area contributed by atoms with Crippen LogP contribution in [0.15, 0.2) is 24.3 Å². The summed E-state index contributed by atoms with van der Waals surface area (Å²) in [7, 11) is 3.50. The minimum atomic E-state index is -0.150. The van der Waals surface area contributed by atoms with Gasteiger partial charge in [-0.3, -0.25) is 9.69 Å². The number of amides is 1. The first kappa shape index (κ1) is 14.2. The second-order valence-electron chi connectivity index (χ2n) is 3.96. The molecule has 18 heavy (non-hydrogen) atoms. The van der Waals surface area contributed by atoms with Gasteiger partial charge in [0, 0.05) is 19.2 Å². The van der Waals surface area contributed by atoms with Crippen molar-refractivity contribution in [3.8, 4) is 11.8 Å². The Labute approximate surface area is 108 Å². The van der Waals surface area contributed by atoms with Gasteiger partial charge in [-0.15, -0.1) is 0 Å². The molecule has 1 amide bonds. The van der Waals surface area contributed by atoms with Gasteiger partial charge in [0.25, 0.3) is 0 Å². The first-order chi connectivity index (χ1) is 8.67. The van der Waals surface area contributed by atoms with Gasteiger partial charge in [0.05, 0.1) is 6.54 Å². The SMILES string of the molecule is CNC(=O)CN(C)Cc1ccccc1C#CCO. The fourth-order valence-electron chi connectivity index (χ4n) is 1.59. The molecule has 0 unspecified atom stereocenters. The lowest BCUT2D eigenvalue weighted by atomic mass is 10.1. The predicted molar refractivity (Wildman–Crippen MR) is 70.8 cm³/mol. The molecule has 1 aromatic rings. The van der Waals surface area contributed by atoms with Gasteiger partial charge in [-0.1, -0.05) is 30.0 Å². The monoisotopic (exact) mass is 246 g/mol. The number of carbonyl (C=O) groups excluding carboxylic acids is 1. The molecule has 4 heteroatoms. The molecule has 2 N–H and O–H groups in total. The molecule has 1 rings (SSSR count). The van der Waals surface area contributed by atoms with Gasteiger partial charge in [0.2, 0.25) is 5.91 Å². The maximum atomic E-state index is 11.3. The van der Waals surface area contributed by atoms with Crippen LogP contribution < -0.4 is 5.32 Å². The summed E-state index contributed by atoms with van der Waals surface area (Å²) >= 11 is 0. The summed E-state index contributed by atoms with van der Waals surface area (Å²) in [6.07, 6.45) is 0. The van der Waals surface area contributed by atoms with E-state index in [9.17, 15) is 4.79 Å². The van der Waals surface area contributed by atoms with Crippen molar-refractivity contribution in [2.24, 2.45) is 0 Å². The highest BCUT2D eigenvalue weighted by Crippen LogP contribution is 2.09. The smallest absolute Gasteiger partial charge is 0.233 e. The largest absolute Gasteiger partial charge is 0.384 e. The van der Waals surface area contributed by atoms with Crippen LogP contribution in [-0.2, 0) is 11.3 Å². The Kier molecular flexibility index (Phi) is 5.92.